The number of amides is 1. The number of nitrogens with two attached hydrogens (primary N) is 1. The van der Waals surface area contributed by atoms with Gasteiger partial charge in [-0.05, 0) is 32.0 Å². The number of rotatable bonds is 4. The number of hydrogen-bond acceptors (Lipinski definition) is 4. The molecule has 2 rings (SSSR count). The van der Waals surface area contributed by atoms with Gasteiger partial charge in [-0.1, -0.05) is 6.07 Å². The monoisotopic (exact) mass is 325 g/mol. The van der Waals surface area contributed by atoms with E-state index >= 15 is 0 Å². The third kappa shape index (κ3) is 3.77. The van der Waals surface area contributed by atoms with Crippen molar-refractivity contribution in [2.24, 2.45) is 5.73 Å². The van der Waals surface area contributed by atoms with Gasteiger partial charge in [0.15, 0.2) is 0 Å². The third-order valence-corrected chi connectivity index (χ3v) is 3.25. The number of alkyl halides is 3. The summed E-state index contributed by atoms with van der Waals surface area (Å²) in [7, 11) is 0. The highest BCUT2D eigenvalue weighted by atomic mass is 19.4. The van der Waals surface area contributed by atoms with Crippen molar-refractivity contribution in [2.75, 3.05) is 0 Å². The lowest BCUT2D eigenvalue weighted by molar-refractivity contribution is -0.137. The fourth-order valence-electron chi connectivity index (χ4n) is 1.68. The summed E-state index contributed by atoms with van der Waals surface area (Å²) < 4.78 is 43.3. The molecule has 2 aromatic rings. The molecule has 1 aromatic heterocycles. The lowest BCUT2D eigenvalue weighted by Crippen LogP contribution is -2.36. The second-order valence-electron chi connectivity index (χ2n) is 5.36. The van der Waals surface area contributed by atoms with Crippen LogP contribution in [0, 0.1) is 0 Å². The van der Waals surface area contributed by atoms with E-state index in [0.717, 1.165) is 12.1 Å². The van der Waals surface area contributed by atoms with Crippen molar-refractivity contribution in [1.82, 2.24) is 9.97 Å². The van der Waals surface area contributed by atoms with Gasteiger partial charge in [-0.3, -0.25) is 9.78 Å². The number of nitrogens with zero attached hydrogens (tertiary/aromatic N) is 2. The molecule has 122 valence electrons. The van der Waals surface area contributed by atoms with E-state index in [0.29, 0.717) is 0 Å². The second kappa shape index (κ2) is 5.86. The van der Waals surface area contributed by atoms with Crippen LogP contribution in [-0.4, -0.2) is 15.9 Å². The Labute approximate surface area is 130 Å². The third-order valence-electron chi connectivity index (χ3n) is 3.25. The first-order chi connectivity index (χ1) is 10.6. The Morgan fingerprint density at radius 2 is 1.91 bits per heavy atom. The number of halogens is 3. The Morgan fingerprint density at radius 1 is 1.22 bits per heavy atom. The zero-order valence-corrected chi connectivity index (χ0v) is 12.4. The number of hydrogen-bond donors (Lipinski definition) is 1. The molecular weight excluding hydrogens is 311 g/mol. The number of ether oxygens (including phenoxy) is 1. The minimum absolute atomic E-state index is 0.0313. The van der Waals surface area contributed by atoms with Crippen LogP contribution in [0.15, 0.2) is 36.7 Å². The smallest absolute Gasteiger partial charge is 0.416 e. The van der Waals surface area contributed by atoms with E-state index in [-0.39, 0.29) is 17.3 Å². The number of aromatic nitrogens is 2. The standard InChI is InChI=1S/C15H14F3N3O2/c1-14(2,13(19)22)11-7-20-8-12(21-11)23-10-5-3-4-9(6-10)15(16,17)18/h3-8H,1-2H3,(H2,19,22). The van der Waals surface area contributed by atoms with E-state index in [1.165, 1.54) is 24.5 Å². The van der Waals surface area contributed by atoms with Gasteiger partial charge in [0.1, 0.15) is 5.75 Å². The van der Waals surface area contributed by atoms with E-state index in [1.807, 2.05) is 0 Å². The van der Waals surface area contributed by atoms with Crippen LogP contribution >= 0.6 is 0 Å². The Balaban J connectivity index is 2.30. The zero-order chi connectivity index (χ0) is 17.3. The largest absolute Gasteiger partial charge is 0.437 e. The molecule has 8 heteroatoms. The van der Waals surface area contributed by atoms with E-state index < -0.39 is 23.1 Å². The van der Waals surface area contributed by atoms with Crippen LogP contribution in [0.2, 0.25) is 0 Å². The molecule has 0 saturated heterocycles. The average molecular weight is 325 g/mol. The highest BCUT2D eigenvalue weighted by Crippen LogP contribution is 2.32. The molecule has 0 aliphatic rings. The summed E-state index contributed by atoms with van der Waals surface area (Å²) in [5.74, 6) is -0.678. The fraction of sp³-hybridized carbons (Fsp3) is 0.267. The maximum Gasteiger partial charge on any atom is 0.416 e. The molecule has 0 unspecified atom stereocenters. The molecule has 0 radical (unpaired) electrons. The minimum Gasteiger partial charge on any atom is -0.437 e. The number of primary amides is 1. The van der Waals surface area contributed by atoms with Crippen molar-refractivity contribution in [1.29, 1.82) is 0 Å². The molecule has 0 atom stereocenters. The predicted octanol–water partition coefficient (Wildman–Crippen LogP) is 3.05. The van der Waals surface area contributed by atoms with Gasteiger partial charge in [0, 0.05) is 6.20 Å². The maximum atomic E-state index is 12.7. The number of carbonyl (C=O) groups is 1. The highest BCUT2D eigenvalue weighted by molar-refractivity contribution is 5.85. The van der Waals surface area contributed by atoms with Crippen LogP contribution in [0.1, 0.15) is 25.1 Å². The van der Waals surface area contributed by atoms with Crippen molar-refractivity contribution < 1.29 is 22.7 Å². The summed E-state index contributed by atoms with van der Waals surface area (Å²) in [5, 5.41) is 0. The molecule has 0 fully saturated rings. The van der Waals surface area contributed by atoms with E-state index in [9.17, 15) is 18.0 Å². The van der Waals surface area contributed by atoms with E-state index in [4.69, 9.17) is 10.5 Å². The summed E-state index contributed by atoms with van der Waals surface area (Å²) in [5.41, 5.74) is 3.64. The van der Waals surface area contributed by atoms with Crippen LogP contribution in [-0.2, 0) is 16.4 Å². The molecule has 1 amide bonds. The van der Waals surface area contributed by atoms with Gasteiger partial charge < -0.3 is 10.5 Å². The molecule has 0 aliphatic heterocycles. The summed E-state index contributed by atoms with van der Waals surface area (Å²) in [6.45, 7) is 3.13. The summed E-state index contributed by atoms with van der Waals surface area (Å²) >= 11 is 0. The first kappa shape index (κ1) is 16.7. The zero-order valence-electron chi connectivity index (χ0n) is 12.4. The number of carbonyl (C=O) groups excluding carboxylic acids is 1. The van der Waals surface area contributed by atoms with Gasteiger partial charge in [0.25, 0.3) is 0 Å². The first-order valence-electron chi connectivity index (χ1n) is 6.58. The molecule has 0 bridgehead atoms. The lowest BCUT2D eigenvalue weighted by Gasteiger charge is -2.19. The Kier molecular flexibility index (Phi) is 4.26. The molecule has 0 spiro atoms. The SMILES string of the molecule is CC(C)(C(N)=O)c1cncc(Oc2cccc(C(F)(F)F)c2)n1. The summed E-state index contributed by atoms with van der Waals surface area (Å²) in [6, 6.07) is 4.38. The van der Waals surface area contributed by atoms with Gasteiger partial charge in [-0.2, -0.15) is 13.2 Å². The van der Waals surface area contributed by atoms with Crippen LogP contribution < -0.4 is 10.5 Å². The fourth-order valence-corrected chi connectivity index (χ4v) is 1.68. The molecule has 1 heterocycles. The van der Waals surface area contributed by atoms with E-state index in [2.05, 4.69) is 9.97 Å². The molecule has 5 nitrogen and oxygen atoms in total. The Hall–Kier alpha value is -2.64. The summed E-state index contributed by atoms with van der Waals surface area (Å²) in [4.78, 5) is 19.4. The number of benzene rings is 1. The quantitative estimate of drug-likeness (QED) is 0.937. The van der Waals surface area contributed by atoms with Gasteiger partial charge in [-0.15, -0.1) is 0 Å². The lowest BCUT2D eigenvalue weighted by atomic mass is 9.89. The molecule has 23 heavy (non-hydrogen) atoms. The Morgan fingerprint density at radius 3 is 2.52 bits per heavy atom. The highest BCUT2D eigenvalue weighted by Gasteiger charge is 2.31. The summed E-state index contributed by atoms with van der Waals surface area (Å²) in [6.07, 6.45) is -1.88. The van der Waals surface area contributed by atoms with E-state index in [1.54, 1.807) is 13.8 Å². The van der Waals surface area contributed by atoms with Gasteiger partial charge >= 0.3 is 6.18 Å². The molecule has 0 aliphatic carbocycles. The van der Waals surface area contributed by atoms with Gasteiger partial charge in [-0.25, -0.2) is 4.98 Å². The minimum atomic E-state index is -4.47. The molecule has 1 aromatic carbocycles. The van der Waals surface area contributed by atoms with Crippen molar-refractivity contribution in [3.8, 4) is 11.6 Å². The normalized spacial score (nSPS) is 12.0. The van der Waals surface area contributed by atoms with Crippen LogP contribution in [0.5, 0.6) is 11.6 Å². The van der Waals surface area contributed by atoms with Gasteiger partial charge in [0.05, 0.1) is 22.9 Å². The van der Waals surface area contributed by atoms with Crippen molar-refractivity contribution in [2.45, 2.75) is 25.4 Å². The Bertz CT molecular complexity index is 730. The first-order valence-corrected chi connectivity index (χ1v) is 6.58. The van der Waals surface area contributed by atoms with Crippen molar-refractivity contribution in [3.05, 3.63) is 47.9 Å². The van der Waals surface area contributed by atoms with Crippen LogP contribution in [0.3, 0.4) is 0 Å². The predicted molar refractivity (Wildman–Crippen MR) is 75.8 cm³/mol. The maximum absolute atomic E-state index is 12.7. The average Bonchev–Trinajstić information content (AvgIpc) is 2.47. The molecular formula is C15H14F3N3O2. The van der Waals surface area contributed by atoms with Crippen molar-refractivity contribution >= 4 is 5.91 Å². The molecule has 2 N–H and O–H groups in total. The van der Waals surface area contributed by atoms with Crippen molar-refractivity contribution in [3.63, 3.8) is 0 Å². The molecule has 0 saturated carbocycles. The topological polar surface area (TPSA) is 78.1 Å². The second-order valence-corrected chi connectivity index (χ2v) is 5.36. The van der Waals surface area contributed by atoms with Crippen LogP contribution in [0.4, 0.5) is 13.2 Å². The van der Waals surface area contributed by atoms with Gasteiger partial charge in [0.2, 0.25) is 11.8 Å². The van der Waals surface area contributed by atoms with Crippen LogP contribution in [0.25, 0.3) is 0 Å².